The lowest BCUT2D eigenvalue weighted by Crippen LogP contribution is -2.50. The average Bonchev–Trinajstić information content (AvgIpc) is 3.13. The summed E-state index contributed by atoms with van der Waals surface area (Å²) in [5, 5.41) is 0.627. The summed E-state index contributed by atoms with van der Waals surface area (Å²) in [5.41, 5.74) is 1.29. The Morgan fingerprint density at radius 3 is 2.69 bits per heavy atom. The second-order valence-electron chi connectivity index (χ2n) is 7.86. The summed E-state index contributed by atoms with van der Waals surface area (Å²) >= 11 is 1.20. The first-order valence-corrected chi connectivity index (χ1v) is 11.0. The first-order valence-electron chi connectivity index (χ1n) is 10.2. The number of carbonyl (C=O) groups is 2. The molecule has 7 heteroatoms. The van der Waals surface area contributed by atoms with E-state index in [1.165, 1.54) is 42.7 Å². The molecule has 1 saturated heterocycles. The molecule has 1 aliphatic carbocycles. The summed E-state index contributed by atoms with van der Waals surface area (Å²) in [6, 6.07) is 6.28. The zero-order chi connectivity index (χ0) is 20.4. The number of aryl methyl sites for hydroxylation is 1. The van der Waals surface area contributed by atoms with E-state index in [1.807, 2.05) is 4.90 Å². The molecule has 2 aliphatic rings. The maximum atomic E-state index is 13.1. The number of amides is 1. The van der Waals surface area contributed by atoms with E-state index in [0.29, 0.717) is 27.5 Å². The number of aromatic nitrogens is 1. The number of hydrogen-bond donors (Lipinski definition) is 0. The van der Waals surface area contributed by atoms with Crippen molar-refractivity contribution in [2.75, 3.05) is 13.2 Å². The fraction of sp³-hybridized carbons (Fsp3) is 0.500. The van der Waals surface area contributed by atoms with Gasteiger partial charge in [0, 0.05) is 18.2 Å². The summed E-state index contributed by atoms with van der Waals surface area (Å²) in [4.78, 5) is 32.0. The third-order valence-corrected chi connectivity index (χ3v) is 7.15. The van der Waals surface area contributed by atoms with Gasteiger partial charge in [0.05, 0.1) is 5.69 Å². The fourth-order valence-electron chi connectivity index (χ4n) is 4.51. The maximum Gasteiger partial charge on any atom is 0.350 e. The lowest BCUT2D eigenvalue weighted by Gasteiger charge is -2.44. The Kier molecular flexibility index (Phi) is 5.94. The van der Waals surface area contributed by atoms with Gasteiger partial charge >= 0.3 is 5.97 Å². The molecule has 1 aliphatic heterocycles. The topological polar surface area (TPSA) is 59.5 Å². The smallest absolute Gasteiger partial charge is 0.350 e. The highest BCUT2D eigenvalue weighted by Gasteiger charge is 2.36. The van der Waals surface area contributed by atoms with Crippen LogP contribution in [0, 0.1) is 18.7 Å². The quantitative estimate of drug-likeness (QED) is 0.684. The van der Waals surface area contributed by atoms with Crippen molar-refractivity contribution in [2.24, 2.45) is 5.92 Å². The molecule has 1 amide bonds. The molecule has 29 heavy (non-hydrogen) atoms. The molecule has 2 atom stereocenters. The largest absolute Gasteiger partial charge is 0.451 e. The Bertz CT molecular complexity index is 894. The highest BCUT2D eigenvalue weighted by atomic mass is 32.1. The third kappa shape index (κ3) is 4.34. The van der Waals surface area contributed by atoms with E-state index in [1.54, 1.807) is 19.1 Å². The van der Waals surface area contributed by atoms with Crippen molar-refractivity contribution in [2.45, 2.75) is 51.5 Å². The van der Waals surface area contributed by atoms with Crippen LogP contribution in [0.1, 0.15) is 53.9 Å². The lowest BCUT2D eigenvalue weighted by atomic mass is 9.78. The molecule has 5 nitrogen and oxygen atoms in total. The van der Waals surface area contributed by atoms with Crippen LogP contribution in [-0.4, -0.2) is 41.0 Å². The number of thiazole rings is 1. The standard InChI is InChI=1S/C22H25FN2O3S/c1-14-20(29-21(24-14)16-8-10-17(23)11-9-16)22(27)28-13-19(26)25-12-4-6-15-5-2-3-7-18(15)25/h8-11,15,18H,2-7,12-13H2,1H3/t15-,18-/m0/s1. The molecule has 1 saturated carbocycles. The minimum Gasteiger partial charge on any atom is -0.451 e. The molecule has 2 fully saturated rings. The second kappa shape index (κ2) is 8.61. The molecule has 4 rings (SSSR count). The minimum absolute atomic E-state index is 0.101. The molecular weight excluding hydrogens is 391 g/mol. The lowest BCUT2D eigenvalue weighted by molar-refractivity contribution is -0.140. The van der Waals surface area contributed by atoms with Gasteiger partial charge in [0.2, 0.25) is 0 Å². The van der Waals surface area contributed by atoms with Crippen LogP contribution in [0.15, 0.2) is 24.3 Å². The molecular formula is C22H25FN2O3S. The average molecular weight is 417 g/mol. The Hall–Kier alpha value is -2.28. The zero-order valence-electron chi connectivity index (χ0n) is 16.5. The van der Waals surface area contributed by atoms with Gasteiger partial charge in [-0.15, -0.1) is 11.3 Å². The van der Waals surface area contributed by atoms with Gasteiger partial charge in [-0.1, -0.05) is 12.8 Å². The van der Waals surface area contributed by atoms with Crippen LogP contribution < -0.4 is 0 Å². The zero-order valence-corrected chi connectivity index (χ0v) is 17.3. The number of hydrogen-bond acceptors (Lipinski definition) is 5. The Morgan fingerprint density at radius 1 is 1.17 bits per heavy atom. The minimum atomic E-state index is -0.529. The Labute approximate surface area is 173 Å². The van der Waals surface area contributed by atoms with Crippen molar-refractivity contribution in [1.82, 2.24) is 9.88 Å². The van der Waals surface area contributed by atoms with Crippen molar-refractivity contribution in [1.29, 1.82) is 0 Å². The maximum absolute atomic E-state index is 13.1. The van der Waals surface area contributed by atoms with Crippen LogP contribution in [0.25, 0.3) is 10.6 Å². The molecule has 1 aromatic carbocycles. The van der Waals surface area contributed by atoms with Gasteiger partial charge in [-0.25, -0.2) is 14.2 Å². The number of halogens is 1. The van der Waals surface area contributed by atoms with Crippen LogP contribution in [0.5, 0.6) is 0 Å². The van der Waals surface area contributed by atoms with E-state index in [-0.39, 0.29) is 18.3 Å². The van der Waals surface area contributed by atoms with Crippen molar-refractivity contribution >= 4 is 23.2 Å². The predicted molar refractivity (Wildman–Crippen MR) is 109 cm³/mol. The first-order chi connectivity index (χ1) is 14.0. The van der Waals surface area contributed by atoms with E-state index in [0.717, 1.165) is 31.4 Å². The molecule has 1 aromatic heterocycles. The number of carbonyl (C=O) groups excluding carboxylic acids is 2. The van der Waals surface area contributed by atoms with Crippen molar-refractivity contribution in [3.63, 3.8) is 0 Å². The molecule has 0 radical (unpaired) electrons. The Morgan fingerprint density at radius 2 is 1.90 bits per heavy atom. The third-order valence-electron chi connectivity index (χ3n) is 5.96. The van der Waals surface area contributed by atoms with Crippen LogP contribution in [0.3, 0.4) is 0 Å². The second-order valence-corrected chi connectivity index (χ2v) is 8.86. The monoisotopic (exact) mass is 416 g/mol. The number of esters is 1. The highest BCUT2D eigenvalue weighted by molar-refractivity contribution is 7.17. The van der Waals surface area contributed by atoms with E-state index in [2.05, 4.69) is 4.98 Å². The summed E-state index contributed by atoms with van der Waals surface area (Å²) < 4.78 is 18.5. The van der Waals surface area contributed by atoms with Crippen molar-refractivity contribution in [3.8, 4) is 10.6 Å². The van der Waals surface area contributed by atoms with E-state index in [9.17, 15) is 14.0 Å². The number of piperidine rings is 1. The number of nitrogens with zero attached hydrogens (tertiary/aromatic N) is 2. The fourth-order valence-corrected chi connectivity index (χ4v) is 5.48. The Balaban J connectivity index is 1.39. The predicted octanol–water partition coefficient (Wildman–Crippen LogP) is 4.60. The molecule has 0 unspecified atom stereocenters. The molecule has 154 valence electrons. The van der Waals surface area contributed by atoms with Crippen molar-refractivity contribution in [3.05, 3.63) is 40.7 Å². The summed E-state index contributed by atoms with van der Waals surface area (Å²) in [7, 11) is 0. The van der Waals surface area contributed by atoms with Crippen molar-refractivity contribution < 1.29 is 18.7 Å². The first kappa shape index (κ1) is 20.0. The normalized spacial score (nSPS) is 21.5. The number of likely N-dealkylation sites (tertiary alicyclic amines) is 1. The SMILES string of the molecule is Cc1nc(-c2ccc(F)cc2)sc1C(=O)OCC(=O)N1CCC[C@@H]2CCCC[C@@H]21. The van der Waals surface area contributed by atoms with Gasteiger partial charge < -0.3 is 9.64 Å². The van der Waals surface area contributed by atoms with Gasteiger partial charge in [0.25, 0.3) is 5.91 Å². The summed E-state index contributed by atoms with van der Waals surface area (Å²) in [5.74, 6) is -0.355. The number of ether oxygens (including phenoxy) is 1. The highest BCUT2D eigenvalue weighted by Crippen LogP contribution is 2.35. The number of benzene rings is 1. The van der Waals surface area contributed by atoms with Crippen LogP contribution >= 0.6 is 11.3 Å². The van der Waals surface area contributed by atoms with Gasteiger partial charge in [-0.05, 0) is 62.8 Å². The van der Waals surface area contributed by atoms with Crippen LogP contribution in [-0.2, 0) is 9.53 Å². The van der Waals surface area contributed by atoms with Gasteiger partial charge in [-0.3, -0.25) is 4.79 Å². The van der Waals surface area contributed by atoms with Gasteiger partial charge in [-0.2, -0.15) is 0 Å². The summed E-state index contributed by atoms with van der Waals surface area (Å²) in [6.45, 7) is 2.26. The van der Waals surface area contributed by atoms with Crippen LogP contribution in [0.4, 0.5) is 4.39 Å². The number of rotatable bonds is 4. The number of fused-ring (bicyclic) bond motifs is 1. The molecule has 2 aromatic rings. The van der Waals surface area contributed by atoms with E-state index >= 15 is 0 Å². The van der Waals surface area contributed by atoms with Gasteiger partial charge in [0.15, 0.2) is 6.61 Å². The summed E-state index contributed by atoms with van der Waals surface area (Å²) in [6.07, 6.45) is 6.88. The van der Waals surface area contributed by atoms with E-state index < -0.39 is 5.97 Å². The molecule has 0 bridgehead atoms. The molecule has 0 spiro atoms. The molecule has 2 heterocycles. The molecule has 0 N–H and O–H groups in total. The van der Waals surface area contributed by atoms with Gasteiger partial charge in [0.1, 0.15) is 15.7 Å². The van der Waals surface area contributed by atoms with Crippen LogP contribution in [0.2, 0.25) is 0 Å². The van der Waals surface area contributed by atoms with E-state index in [4.69, 9.17) is 4.74 Å².